The lowest BCUT2D eigenvalue weighted by atomic mass is 10.0. The number of carbonyl (C=O) groups is 1. The average Bonchev–Trinajstić information content (AvgIpc) is 2.79. The highest BCUT2D eigenvalue weighted by Crippen LogP contribution is 2.40. The summed E-state index contributed by atoms with van der Waals surface area (Å²) in [7, 11) is 0. The number of rotatable bonds is 1. The van der Waals surface area contributed by atoms with E-state index in [2.05, 4.69) is 18.9 Å². The normalized spacial score (nSPS) is 38.8. The minimum absolute atomic E-state index is 1.79. The van der Waals surface area contributed by atoms with Gasteiger partial charge in [0, 0.05) is 0 Å². The summed E-state index contributed by atoms with van der Waals surface area (Å²) < 4.78 is 91.4. The molecule has 5 atom stereocenters. The number of hydrogen-bond acceptors (Lipinski definition) is 6. The maximum absolute atomic E-state index is 12.6. The molecular weight excluding hydrogens is 306 g/mol. The van der Waals surface area contributed by atoms with Gasteiger partial charge in [-0.05, 0) is 0 Å². The van der Waals surface area contributed by atoms with Gasteiger partial charge in [-0.2, -0.15) is 26.3 Å². The van der Waals surface area contributed by atoms with Crippen molar-refractivity contribution in [3.8, 4) is 0 Å². The van der Waals surface area contributed by atoms with E-state index in [0.29, 0.717) is 0 Å². The van der Waals surface area contributed by atoms with Gasteiger partial charge in [0.15, 0.2) is 12.2 Å². The van der Waals surface area contributed by atoms with Gasteiger partial charge in [-0.15, -0.1) is 0 Å². The van der Waals surface area contributed by atoms with Gasteiger partial charge in [-0.25, -0.2) is 4.79 Å². The van der Waals surface area contributed by atoms with E-state index in [4.69, 9.17) is 5.11 Å². The molecule has 20 heavy (non-hydrogen) atoms. The third kappa shape index (κ3) is 2.76. The summed E-state index contributed by atoms with van der Waals surface area (Å²) in [4.78, 5) is 10.7. The topological polar surface area (TPSA) is 74.2 Å². The van der Waals surface area contributed by atoms with Crippen molar-refractivity contribution < 1.29 is 55.2 Å². The molecule has 0 spiro atoms. The average molecular weight is 312 g/mol. The fourth-order valence-electron chi connectivity index (χ4n) is 1.82. The zero-order valence-electron chi connectivity index (χ0n) is 9.14. The highest BCUT2D eigenvalue weighted by atomic mass is 19.4. The van der Waals surface area contributed by atoms with Gasteiger partial charge < -0.3 is 24.1 Å². The SMILES string of the molecule is O=C1OC(C2OC(O)OC2C(F)(F)F)C(C(F)(F)F)O1. The molecular formula is C8H6F6O6. The lowest BCUT2D eigenvalue weighted by Crippen LogP contribution is -2.51. The molecule has 0 radical (unpaired) electrons. The van der Waals surface area contributed by atoms with Crippen molar-refractivity contribution in [2.45, 2.75) is 43.2 Å². The van der Waals surface area contributed by atoms with Crippen LogP contribution in [0, 0.1) is 0 Å². The van der Waals surface area contributed by atoms with Crippen LogP contribution in [-0.2, 0) is 18.9 Å². The van der Waals surface area contributed by atoms with Crippen molar-refractivity contribution in [2.24, 2.45) is 0 Å². The van der Waals surface area contributed by atoms with Crippen LogP contribution in [0.2, 0.25) is 0 Å². The maximum atomic E-state index is 12.6. The molecule has 0 aliphatic carbocycles. The van der Waals surface area contributed by atoms with E-state index in [1.807, 2.05) is 0 Å². The van der Waals surface area contributed by atoms with Gasteiger partial charge in [-0.3, -0.25) is 0 Å². The van der Waals surface area contributed by atoms with E-state index in [1.54, 1.807) is 0 Å². The standard InChI is InChI=1S/C8H6F6O6/c9-7(10,11)3-1(17-5(15)19-3)2-4(8(12,13)14)20-6(16)18-2/h1-5,15H. The van der Waals surface area contributed by atoms with E-state index >= 15 is 0 Å². The zero-order chi connectivity index (χ0) is 15.3. The highest BCUT2D eigenvalue weighted by molar-refractivity contribution is 5.63. The number of alkyl halides is 6. The summed E-state index contributed by atoms with van der Waals surface area (Å²) in [6.07, 6.45) is -22.8. The van der Waals surface area contributed by atoms with Gasteiger partial charge in [0.05, 0.1) is 0 Å². The molecule has 0 amide bonds. The Bertz CT molecular complexity index is 394. The summed E-state index contributed by atoms with van der Waals surface area (Å²) in [5.41, 5.74) is 0. The van der Waals surface area contributed by atoms with Gasteiger partial charge in [0.25, 0.3) is 6.48 Å². The Morgan fingerprint density at radius 2 is 1.40 bits per heavy atom. The summed E-state index contributed by atoms with van der Waals surface area (Å²) in [6, 6.07) is 0. The third-order valence-electron chi connectivity index (χ3n) is 2.56. The van der Waals surface area contributed by atoms with E-state index in [-0.39, 0.29) is 0 Å². The first-order valence-corrected chi connectivity index (χ1v) is 5.00. The second kappa shape index (κ2) is 4.63. The van der Waals surface area contributed by atoms with E-state index in [9.17, 15) is 31.1 Å². The lowest BCUT2D eigenvalue weighted by molar-refractivity contribution is -0.256. The summed E-state index contributed by atoms with van der Waals surface area (Å²) in [6.45, 7) is -2.39. The Labute approximate surface area is 106 Å². The Hall–Kier alpha value is -1.27. The summed E-state index contributed by atoms with van der Waals surface area (Å²) in [5, 5.41) is 8.84. The zero-order valence-corrected chi connectivity index (χ0v) is 9.14. The molecule has 5 unspecified atom stereocenters. The Morgan fingerprint density at radius 1 is 0.850 bits per heavy atom. The third-order valence-corrected chi connectivity index (χ3v) is 2.56. The Balaban J connectivity index is 2.26. The van der Waals surface area contributed by atoms with Crippen LogP contribution in [0.25, 0.3) is 0 Å². The molecule has 1 N–H and O–H groups in total. The van der Waals surface area contributed by atoms with E-state index in [0.717, 1.165) is 0 Å². The molecule has 0 aromatic rings. The number of ether oxygens (including phenoxy) is 4. The predicted molar refractivity (Wildman–Crippen MR) is 43.0 cm³/mol. The fraction of sp³-hybridized carbons (Fsp3) is 0.875. The molecule has 2 rings (SSSR count). The van der Waals surface area contributed by atoms with Crippen LogP contribution in [0.4, 0.5) is 31.1 Å². The van der Waals surface area contributed by atoms with Crippen LogP contribution in [-0.4, -0.2) is 54.5 Å². The Kier molecular flexibility index (Phi) is 3.50. The molecule has 2 fully saturated rings. The highest BCUT2D eigenvalue weighted by Gasteiger charge is 2.64. The first-order valence-electron chi connectivity index (χ1n) is 5.00. The largest absolute Gasteiger partial charge is 0.509 e. The van der Waals surface area contributed by atoms with E-state index in [1.165, 1.54) is 0 Å². The van der Waals surface area contributed by atoms with Gasteiger partial charge in [0.1, 0.15) is 6.10 Å². The van der Waals surface area contributed by atoms with Crippen LogP contribution in [0.5, 0.6) is 0 Å². The van der Waals surface area contributed by atoms with Crippen molar-refractivity contribution in [2.75, 3.05) is 0 Å². The molecule has 2 aliphatic rings. The molecule has 2 heterocycles. The minimum Gasteiger partial charge on any atom is -0.424 e. The maximum Gasteiger partial charge on any atom is 0.509 e. The molecule has 0 bridgehead atoms. The number of carbonyl (C=O) groups excluding carboxylic acids is 1. The number of halogens is 6. The van der Waals surface area contributed by atoms with Crippen molar-refractivity contribution in [3.63, 3.8) is 0 Å². The Morgan fingerprint density at radius 3 is 1.90 bits per heavy atom. The summed E-state index contributed by atoms with van der Waals surface area (Å²) >= 11 is 0. The van der Waals surface area contributed by atoms with Crippen LogP contribution < -0.4 is 0 Å². The van der Waals surface area contributed by atoms with Crippen molar-refractivity contribution in [1.29, 1.82) is 0 Å². The van der Waals surface area contributed by atoms with Gasteiger partial charge >= 0.3 is 18.5 Å². The molecule has 6 nitrogen and oxygen atoms in total. The van der Waals surface area contributed by atoms with Gasteiger partial charge in [-0.1, -0.05) is 0 Å². The number of aliphatic hydroxyl groups is 1. The van der Waals surface area contributed by atoms with Crippen LogP contribution in [0.1, 0.15) is 0 Å². The second-order valence-electron chi connectivity index (χ2n) is 3.92. The predicted octanol–water partition coefficient (Wildman–Crippen LogP) is 1.07. The number of cyclic esters (lactones) is 2. The van der Waals surface area contributed by atoms with Gasteiger partial charge in [0.2, 0.25) is 6.10 Å². The summed E-state index contributed by atoms with van der Waals surface area (Å²) in [5.74, 6) is 0. The molecule has 2 aliphatic heterocycles. The monoisotopic (exact) mass is 312 g/mol. The molecule has 116 valence electrons. The van der Waals surface area contributed by atoms with Crippen LogP contribution >= 0.6 is 0 Å². The molecule has 0 aromatic heterocycles. The number of aliphatic hydroxyl groups excluding tert-OH is 1. The fourth-order valence-corrected chi connectivity index (χ4v) is 1.82. The number of hydrogen-bond donors (Lipinski definition) is 1. The first kappa shape index (κ1) is 15.1. The van der Waals surface area contributed by atoms with Crippen molar-refractivity contribution >= 4 is 6.16 Å². The molecule has 2 saturated heterocycles. The van der Waals surface area contributed by atoms with E-state index < -0.39 is 49.4 Å². The molecule has 0 saturated carbocycles. The van der Waals surface area contributed by atoms with Crippen LogP contribution in [0.15, 0.2) is 0 Å². The minimum atomic E-state index is -5.16. The second-order valence-corrected chi connectivity index (χ2v) is 3.92. The molecule has 0 aromatic carbocycles. The van der Waals surface area contributed by atoms with Crippen molar-refractivity contribution in [3.05, 3.63) is 0 Å². The smallest absolute Gasteiger partial charge is 0.424 e. The molecule has 12 heteroatoms. The van der Waals surface area contributed by atoms with Crippen LogP contribution in [0.3, 0.4) is 0 Å². The van der Waals surface area contributed by atoms with Crippen molar-refractivity contribution in [1.82, 2.24) is 0 Å². The quantitative estimate of drug-likeness (QED) is 0.577. The first-order chi connectivity index (χ1) is 9.00. The lowest BCUT2D eigenvalue weighted by Gasteiger charge is -2.25.